The van der Waals surface area contributed by atoms with Crippen LogP contribution in [0.15, 0.2) is 62.8 Å². The van der Waals surface area contributed by atoms with Crippen LogP contribution in [0.1, 0.15) is 37.5 Å². The molecular formula is C22H19BrFN3OS. The van der Waals surface area contributed by atoms with Crippen LogP contribution < -0.4 is 10.6 Å². The van der Waals surface area contributed by atoms with Crippen molar-refractivity contribution in [3.05, 3.63) is 73.5 Å². The molecule has 2 aromatic rings. The van der Waals surface area contributed by atoms with Gasteiger partial charge in [0, 0.05) is 28.3 Å². The first-order chi connectivity index (χ1) is 13.7. The molecule has 1 aliphatic heterocycles. The predicted octanol–water partition coefficient (Wildman–Crippen LogP) is 5.59. The Kier molecular flexibility index (Phi) is 4.88. The third-order valence-corrected chi connectivity index (χ3v) is 7.03. The van der Waals surface area contributed by atoms with Crippen molar-refractivity contribution in [3.8, 4) is 6.07 Å². The number of benzene rings is 1. The molecule has 0 amide bonds. The maximum Gasteiger partial charge on any atom is 0.162 e. The van der Waals surface area contributed by atoms with Crippen molar-refractivity contribution in [2.45, 2.75) is 32.6 Å². The number of nitriles is 1. The van der Waals surface area contributed by atoms with E-state index in [-0.39, 0.29) is 22.8 Å². The van der Waals surface area contributed by atoms with Crippen molar-refractivity contribution in [1.29, 1.82) is 5.26 Å². The van der Waals surface area contributed by atoms with Crippen LogP contribution in [0.4, 0.5) is 10.1 Å². The van der Waals surface area contributed by atoms with Gasteiger partial charge in [-0.15, -0.1) is 11.3 Å². The number of nitrogens with zero attached hydrogens (tertiary/aromatic N) is 2. The molecule has 0 saturated carbocycles. The normalized spacial score (nSPS) is 21.3. The van der Waals surface area contributed by atoms with Crippen molar-refractivity contribution in [2.75, 3.05) is 4.90 Å². The number of ketones is 1. The van der Waals surface area contributed by atoms with E-state index in [1.165, 1.54) is 23.5 Å². The van der Waals surface area contributed by atoms with Crippen LogP contribution in [-0.2, 0) is 4.79 Å². The molecule has 4 rings (SSSR count). The summed E-state index contributed by atoms with van der Waals surface area (Å²) in [4.78, 5) is 16.0. The summed E-state index contributed by atoms with van der Waals surface area (Å²) in [5, 5.41) is 9.97. The van der Waals surface area contributed by atoms with E-state index in [1.807, 2.05) is 26.0 Å². The van der Waals surface area contributed by atoms with Crippen LogP contribution in [-0.4, -0.2) is 5.78 Å². The van der Waals surface area contributed by atoms with Gasteiger partial charge in [0.15, 0.2) is 5.78 Å². The lowest BCUT2D eigenvalue weighted by Gasteiger charge is -2.43. The second kappa shape index (κ2) is 7.12. The molecule has 2 aliphatic rings. The molecule has 0 radical (unpaired) electrons. The van der Waals surface area contributed by atoms with Gasteiger partial charge < -0.3 is 5.73 Å². The zero-order valence-electron chi connectivity index (χ0n) is 16.0. The van der Waals surface area contributed by atoms with Crippen molar-refractivity contribution in [3.63, 3.8) is 0 Å². The van der Waals surface area contributed by atoms with E-state index in [1.54, 1.807) is 17.0 Å². The maximum atomic E-state index is 13.5. The van der Waals surface area contributed by atoms with Crippen molar-refractivity contribution in [1.82, 2.24) is 0 Å². The fourth-order valence-corrected chi connectivity index (χ4v) is 5.71. The molecule has 0 bridgehead atoms. The Morgan fingerprint density at radius 1 is 1.24 bits per heavy atom. The van der Waals surface area contributed by atoms with Gasteiger partial charge in [0.1, 0.15) is 11.6 Å². The molecule has 2 N–H and O–H groups in total. The van der Waals surface area contributed by atoms with Gasteiger partial charge in [-0.25, -0.2) is 4.39 Å². The molecule has 1 atom stereocenters. The molecule has 0 spiro atoms. The molecule has 1 unspecified atom stereocenters. The lowest BCUT2D eigenvalue weighted by molar-refractivity contribution is -0.118. The van der Waals surface area contributed by atoms with Crippen LogP contribution >= 0.6 is 27.3 Å². The maximum absolute atomic E-state index is 13.5. The Morgan fingerprint density at radius 3 is 2.52 bits per heavy atom. The summed E-state index contributed by atoms with van der Waals surface area (Å²) < 4.78 is 14.4. The number of halogens is 2. The van der Waals surface area contributed by atoms with Crippen LogP contribution in [0.25, 0.3) is 0 Å². The molecule has 1 aromatic heterocycles. The van der Waals surface area contributed by atoms with E-state index in [4.69, 9.17) is 5.73 Å². The number of Topliss-reactive ketones (excluding diaryl/α,β-unsaturated/α-hetero) is 1. The number of anilines is 1. The van der Waals surface area contributed by atoms with Gasteiger partial charge >= 0.3 is 0 Å². The monoisotopic (exact) mass is 471 g/mol. The summed E-state index contributed by atoms with van der Waals surface area (Å²) in [5.74, 6) is -0.521. The summed E-state index contributed by atoms with van der Waals surface area (Å²) in [5.41, 5.74) is 8.68. The second-order valence-corrected chi connectivity index (χ2v) is 10.6. The summed E-state index contributed by atoms with van der Waals surface area (Å²) in [6.45, 7) is 4.10. The molecule has 29 heavy (non-hydrogen) atoms. The first-order valence-electron chi connectivity index (χ1n) is 9.19. The van der Waals surface area contributed by atoms with Gasteiger partial charge in [0.2, 0.25) is 0 Å². The summed E-state index contributed by atoms with van der Waals surface area (Å²) in [6.07, 6.45) is 1.04. The number of carbonyl (C=O) groups excluding carboxylic acids is 1. The average molecular weight is 472 g/mol. The predicted molar refractivity (Wildman–Crippen MR) is 116 cm³/mol. The number of hydrogen-bond donors (Lipinski definition) is 1. The van der Waals surface area contributed by atoms with Gasteiger partial charge in [-0.3, -0.25) is 9.69 Å². The highest BCUT2D eigenvalue weighted by Crippen LogP contribution is 2.51. The molecule has 4 nitrogen and oxygen atoms in total. The first-order valence-corrected chi connectivity index (χ1v) is 10.8. The van der Waals surface area contributed by atoms with Crippen molar-refractivity contribution < 1.29 is 9.18 Å². The number of carbonyl (C=O) groups is 1. The van der Waals surface area contributed by atoms with Gasteiger partial charge in [-0.2, -0.15) is 5.26 Å². The van der Waals surface area contributed by atoms with E-state index in [0.717, 1.165) is 14.4 Å². The highest BCUT2D eigenvalue weighted by atomic mass is 79.9. The number of thiophene rings is 1. The molecule has 2 heterocycles. The van der Waals surface area contributed by atoms with E-state index in [0.29, 0.717) is 29.7 Å². The van der Waals surface area contributed by atoms with Crippen LogP contribution in [0, 0.1) is 22.6 Å². The molecule has 7 heteroatoms. The molecule has 1 aromatic carbocycles. The fourth-order valence-electron chi connectivity index (χ4n) is 4.16. The Hall–Kier alpha value is -2.43. The van der Waals surface area contributed by atoms with Gasteiger partial charge in [0.25, 0.3) is 0 Å². The fraction of sp³-hybridized carbons (Fsp3) is 0.273. The lowest BCUT2D eigenvalue weighted by atomic mass is 9.69. The molecule has 1 aliphatic carbocycles. The summed E-state index contributed by atoms with van der Waals surface area (Å²) >= 11 is 4.97. The Balaban J connectivity index is 1.99. The molecule has 0 saturated heterocycles. The SMILES string of the molecule is CC1(C)CC(=O)C2=C(C1)N(c1ccc(F)cc1)C(N)=C(C#N)C2c1ccc(Br)s1. The Labute approximate surface area is 181 Å². The minimum absolute atomic E-state index is 0.0261. The minimum atomic E-state index is -0.480. The third-order valence-electron chi connectivity index (χ3n) is 5.34. The first kappa shape index (κ1) is 19.9. The van der Waals surface area contributed by atoms with Crippen molar-refractivity contribution >= 4 is 38.7 Å². The van der Waals surface area contributed by atoms with Gasteiger partial charge in [-0.1, -0.05) is 13.8 Å². The number of nitrogens with two attached hydrogens (primary N) is 1. The van der Waals surface area contributed by atoms with E-state index in [2.05, 4.69) is 22.0 Å². The lowest BCUT2D eigenvalue weighted by Crippen LogP contribution is -2.42. The largest absolute Gasteiger partial charge is 0.384 e. The quantitative estimate of drug-likeness (QED) is 0.619. The summed E-state index contributed by atoms with van der Waals surface area (Å²) in [7, 11) is 0. The zero-order valence-corrected chi connectivity index (χ0v) is 18.4. The second-order valence-electron chi connectivity index (χ2n) is 8.10. The molecule has 0 fully saturated rings. The van der Waals surface area contributed by atoms with Crippen LogP contribution in [0.2, 0.25) is 0 Å². The third kappa shape index (κ3) is 3.41. The molecule has 148 valence electrons. The van der Waals surface area contributed by atoms with Crippen molar-refractivity contribution in [2.24, 2.45) is 11.1 Å². The van der Waals surface area contributed by atoms with Gasteiger partial charge in [-0.05, 0) is 64.2 Å². The highest BCUT2D eigenvalue weighted by molar-refractivity contribution is 9.11. The van der Waals surface area contributed by atoms with E-state index >= 15 is 0 Å². The topological polar surface area (TPSA) is 70.1 Å². The standard InChI is InChI=1S/C22H19BrFN3OS/c1-22(2)9-15-20(16(28)10-22)19(17-7-8-18(23)29-17)14(11-25)21(26)27(15)13-5-3-12(24)4-6-13/h3-8,19H,9-10,26H2,1-2H3. The average Bonchev–Trinajstić information content (AvgIpc) is 3.07. The number of rotatable bonds is 2. The highest BCUT2D eigenvalue weighted by Gasteiger charge is 2.45. The Morgan fingerprint density at radius 2 is 1.93 bits per heavy atom. The van der Waals surface area contributed by atoms with Gasteiger partial charge in [0.05, 0.1) is 21.3 Å². The van der Waals surface area contributed by atoms with E-state index < -0.39 is 5.92 Å². The smallest absolute Gasteiger partial charge is 0.162 e. The Bertz CT molecular complexity index is 1110. The van der Waals surface area contributed by atoms with Crippen LogP contribution in [0.5, 0.6) is 0 Å². The van der Waals surface area contributed by atoms with E-state index in [9.17, 15) is 14.4 Å². The van der Waals surface area contributed by atoms with Crippen LogP contribution in [0.3, 0.4) is 0 Å². The molecular weight excluding hydrogens is 453 g/mol. The minimum Gasteiger partial charge on any atom is -0.384 e. The zero-order chi connectivity index (χ0) is 20.9. The number of hydrogen-bond acceptors (Lipinski definition) is 5. The summed E-state index contributed by atoms with van der Waals surface area (Å²) in [6, 6.07) is 12.0. The number of allylic oxidation sites excluding steroid dienone is 3.